The van der Waals surface area contributed by atoms with Crippen LogP contribution in [-0.4, -0.2) is 61.6 Å². The van der Waals surface area contributed by atoms with Crippen LogP contribution < -0.4 is 5.73 Å². The summed E-state index contributed by atoms with van der Waals surface area (Å²) in [5.41, 5.74) is 6.98. The van der Waals surface area contributed by atoms with Crippen molar-refractivity contribution in [1.29, 1.82) is 0 Å². The third-order valence-corrected chi connectivity index (χ3v) is 4.08. The number of ether oxygens (including phenoxy) is 1. The first-order valence-electron chi connectivity index (χ1n) is 7.45. The molecular weight excluding hydrogens is 337 g/mol. The smallest absolute Gasteiger partial charge is 0.244 e. The number of nitrogens with zero attached hydrogens (tertiary/aromatic N) is 2. The first-order valence-corrected chi connectivity index (χ1v) is 7.45. The number of carbonyl (C=O) groups excluding carboxylic acids is 1. The maximum Gasteiger partial charge on any atom is 0.244 e. The molecule has 0 bridgehead atoms. The van der Waals surface area contributed by atoms with Gasteiger partial charge in [-0.25, -0.2) is 0 Å². The molecule has 1 saturated heterocycles. The van der Waals surface area contributed by atoms with Crippen LogP contribution in [0.3, 0.4) is 0 Å². The maximum absolute atomic E-state index is 12.5. The van der Waals surface area contributed by atoms with Crippen molar-refractivity contribution in [1.82, 2.24) is 9.80 Å². The van der Waals surface area contributed by atoms with Crippen LogP contribution in [0.1, 0.15) is 18.5 Å². The molecule has 132 valence electrons. The van der Waals surface area contributed by atoms with Crippen LogP contribution in [0, 0.1) is 0 Å². The van der Waals surface area contributed by atoms with E-state index in [0.717, 1.165) is 38.3 Å². The predicted molar refractivity (Wildman–Crippen MR) is 97.4 cm³/mol. The quantitative estimate of drug-likeness (QED) is 0.864. The van der Waals surface area contributed by atoms with E-state index in [1.807, 2.05) is 35.2 Å². The highest BCUT2D eigenvalue weighted by molar-refractivity contribution is 5.85. The van der Waals surface area contributed by atoms with Gasteiger partial charge in [-0.05, 0) is 12.5 Å². The standard InChI is InChI=1S/C16H25N3O2.2ClH/c1-13-12-19(9-8-18(13)10-11-21-2)16(20)15(17)14-6-4-3-5-7-14;;/h3-7,13,15H,8-12,17H2,1-2H3;2*1H. The lowest BCUT2D eigenvalue weighted by Gasteiger charge is -2.40. The summed E-state index contributed by atoms with van der Waals surface area (Å²) in [6.07, 6.45) is 0. The number of carbonyl (C=O) groups is 1. The van der Waals surface area contributed by atoms with Gasteiger partial charge in [-0.2, -0.15) is 0 Å². The molecule has 0 radical (unpaired) electrons. The summed E-state index contributed by atoms with van der Waals surface area (Å²) in [5.74, 6) is 0.0134. The lowest BCUT2D eigenvalue weighted by Crippen LogP contribution is -2.55. The van der Waals surface area contributed by atoms with Crippen molar-refractivity contribution in [2.45, 2.75) is 19.0 Å². The first kappa shape index (κ1) is 22.1. The van der Waals surface area contributed by atoms with Crippen LogP contribution in [0.2, 0.25) is 0 Å². The van der Waals surface area contributed by atoms with Crippen LogP contribution >= 0.6 is 24.8 Å². The van der Waals surface area contributed by atoms with Gasteiger partial charge in [-0.3, -0.25) is 9.69 Å². The minimum atomic E-state index is -0.566. The predicted octanol–water partition coefficient (Wildman–Crippen LogP) is 1.71. The highest BCUT2D eigenvalue weighted by atomic mass is 35.5. The maximum atomic E-state index is 12.5. The minimum Gasteiger partial charge on any atom is -0.383 e. The van der Waals surface area contributed by atoms with Gasteiger partial charge in [-0.15, -0.1) is 24.8 Å². The normalized spacial score (nSPS) is 19.4. The molecule has 0 aliphatic carbocycles. The van der Waals surface area contributed by atoms with Crippen molar-refractivity contribution in [3.63, 3.8) is 0 Å². The SMILES string of the molecule is COCCN1CCN(C(=O)C(N)c2ccccc2)CC1C.Cl.Cl. The fraction of sp³-hybridized carbons (Fsp3) is 0.562. The molecule has 5 nitrogen and oxygen atoms in total. The fourth-order valence-electron chi connectivity index (χ4n) is 2.74. The molecule has 23 heavy (non-hydrogen) atoms. The van der Waals surface area contributed by atoms with Crippen molar-refractivity contribution in [3.8, 4) is 0 Å². The molecule has 2 unspecified atom stereocenters. The largest absolute Gasteiger partial charge is 0.383 e. The monoisotopic (exact) mass is 363 g/mol. The van der Waals surface area contributed by atoms with Gasteiger partial charge in [0.2, 0.25) is 5.91 Å². The zero-order chi connectivity index (χ0) is 15.2. The Bertz CT molecular complexity index is 462. The molecule has 1 amide bonds. The van der Waals surface area contributed by atoms with E-state index >= 15 is 0 Å². The Kier molecular flexibility index (Phi) is 10.4. The summed E-state index contributed by atoms with van der Waals surface area (Å²) in [4.78, 5) is 16.8. The molecule has 0 spiro atoms. The van der Waals surface area contributed by atoms with Gasteiger partial charge in [0.15, 0.2) is 0 Å². The van der Waals surface area contributed by atoms with E-state index in [1.165, 1.54) is 0 Å². The van der Waals surface area contributed by atoms with E-state index < -0.39 is 6.04 Å². The highest BCUT2D eigenvalue weighted by Crippen LogP contribution is 2.16. The molecule has 1 aliphatic heterocycles. The molecule has 7 heteroatoms. The molecule has 1 aliphatic rings. The summed E-state index contributed by atoms with van der Waals surface area (Å²) in [5, 5.41) is 0. The van der Waals surface area contributed by atoms with Crippen LogP contribution in [0.5, 0.6) is 0 Å². The second-order valence-electron chi connectivity index (χ2n) is 5.55. The molecule has 1 aromatic rings. The summed E-state index contributed by atoms with van der Waals surface area (Å²) >= 11 is 0. The Balaban J connectivity index is 0.00000242. The number of methoxy groups -OCH3 is 1. The molecule has 2 rings (SSSR count). The number of piperazine rings is 1. The van der Waals surface area contributed by atoms with Crippen molar-refractivity contribution in [2.24, 2.45) is 5.73 Å². The van der Waals surface area contributed by atoms with Gasteiger partial charge in [0.25, 0.3) is 0 Å². The second-order valence-corrected chi connectivity index (χ2v) is 5.55. The number of hydrogen-bond donors (Lipinski definition) is 1. The second kappa shape index (κ2) is 10.8. The Morgan fingerprint density at radius 2 is 1.96 bits per heavy atom. The molecule has 0 saturated carbocycles. The Hall–Kier alpha value is -0.850. The lowest BCUT2D eigenvalue weighted by molar-refractivity contribution is -0.135. The van der Waals surface area contributed by atoms with E-state index in [2.05, 4.69) is 11.8 Å². The van der Waals surface area contributed by atoms with Crippen LogP contribution in [0.15, 0.2) is 30.3 Å². The Labute approximate surface area is 151 Å². The molecule has 1 aromatic carbocycles. The van der Waals surface area contributed by atoms with E-state index in [4.69, 9.17) is 10.5 Å². The molecular formula is C16H27Cl2N3O2. The van der Waals surface area contributed by atoms with Crippen molar-refractivity contribution >= 4 is 30.7 Å². The topological polar surface area (TPSA) is 58.8 Å². The van der Waals surface area contributed by atoms with Crippen molar-refractivity contribution in [3.05, 3.63) is 35.9 Å². The Morgan fingerprint density at radius 3 is 2.52 bits per heavy atom. The third-order valence-electron chi connectivity index (χ3n) is 4.08. The highest BCUT2D eigenvalue weighted by Gasteiger charge is 2.29. The van der Waals surface area contributed by atoms with Gasteiger partial charge in [0.1, 0.15) is 6.04 Å². The summed E-state index contributed by atoms with van der Waals surface area (Å²) < 4.78 is 5.12. The average Bonchev–Trinajstić information content (AvgIpc) is 2.53. The molecule has 2 atom stereocenters. The van der Waals surface area contributed by atoms with E-state index in [1.54, 1.807) is 7.11 Å². The number of halogens is 2. The zero-order valence-corrected chi connectivity index (χ0v) is 15.3. The Morgan fingerprint density at radius 1 is 1.30 bits per heavy atom. The lowest BCUT2D eigenvalue weighted by atomic mass is 10.1. The molecule has 0 aromatic heterocycles. The van der Waals surface area contributed by atoms with Gasteiger partial charge < -0.3 is 15.4 Å². The molecule has 1 heterocycles. The van der Waals surface area contributed by atoms with Crippen LogP contribution in [-0.2, 0) is 9.53 Å². The summed E-state index contributed by atoms with van der Waals surface area (Å²) in [7, 11) is 1.71. The molecule has 2 N–H and O–H groups in total. The number of rotatable bonds is 5. The summed E-state index contributed by atoms with van der Waals surface area (Å²) in [6, 6.07) is 9.32. The number of nitrogens with two attached hydrogens (primary N) is 1. The summed E-state index contributed by atoms with van der Waals surface area (Å²) in [6.45, 7) is 6.10. The van der Waals surface area contributed by atoms with Crippen LogP contribution in [0.4, 0.5) is 0 Å². The van der Waals surface area contributed by atoms with E-state index in [-0.39, 0.29) is 30.7 Å². The van der Waals surface area contributed by atoms with Gasteiger partial charge >= 0.3 is 0 Å². The van der Waals surface area contributed by atoms with Crippen molar-refractivity contribution < 1.29 is 9.53 Å². The van der Waals surface area contributed by atoms with Crippen molar-refractivity contribution in [2.75, 3.05) is 39.9 Å². The number of benzene rings is 1. The minimum absolute atomic E-state index is 0. The van der Waals surface area contributed by atoms with Crippen LogP contribution in [0.25, 0.3) is 0 Å². The van der Waals surface area contributed by atoms with E-state index in [0.29, 0.717) is 6.04 Å². The van der Waals surface area contributed by atoms with Gasteiger partial charge in [-0.1, -0.05) is 30.3 Å². The molecule has 1 fully saturated rings. The number of amides is 1. The van der Waals surface area contributed by atoms with E-state index in [9.17, 15) is 4.79 Å². The number of hydrogen-bond acceptors (Lipinski definition) is 4. The average molecular weight is 364 g/mol. The third kappa shape index (κ3) is 5.94. The first-order chi connectivity index (χ1) is 10.1. The fourth-order valence-corrected chi connectivity index (χ4v) is 2.74. The van der Waals surface area contributed by atoms with Gasteiger partial charge in [0.05, 0.1) is 6.61 Å². The van der Waals surface area contributed by atoms with Gasteiger partial charge in [0, 0.05) is 39.3 Å². The zero-order valence-electron chi connectivity index (χ0n) is 13.7.